The summed E-state index contributed by atoms with van der Waals surface area (Å²) < 4.78 is 23.4. The van der Waals surface area contributed by atoms with Crippen LogP contribution in [-0.2, 0) is 6.42 Å². The van der Waals surface area contributed by atoms with E-state index in [-0.39, 0.29) is 24.6 Å². The van der Waals surface area contributed by atoms with Gasteiger partial charge in [-0.1, -0.05) is 23.3 Å². The minimum absolute atomic E-state index is 0.0933. The number of aromatic hydroxyl groups is 1. The molecule has 162 valence electrons. The van der Waals surface area contributed by atoms with Crippen molar-refractivity contribution in [2.24, 2.45) is 0 Å². The van der Waals surface area contributed by atoms with Crippen molar-refractivity contribution < 1.29 is 24.1 Å². The highest BCUT2D eigenvalue weighted by molar-refractivity contribution is 5.58. The van der Waals surface area contributed by atoms with Gasteiger partial charge in [-0.25, -0.2) is 0 Å². The van der Waals surface area contributed by atoms with Crippen molar-refractivity contribution in [3.05, 3.63) is 64.3 Å². The van der Waals surface area contributed by atoms with Gasteiger partial charge in [-0.2, -0.15) is 0 Å². The lowest BCUT2D eigenvalue weighted by Crippen LogP contribution is -2.23. The van der Waals surface area contributed by atoms with E-state index in [1.807, 2.05) is 18.2 Å². The molecule has 2 atom stereocenters. The van der Waals surface area contributed by atoms with Crippen LogP contribution in [0.4, 0.5) is 0 Å². The average molecular weight is 421 g/mol. The average Bonchev–Trinajstić information content (AvgIpc) is 3.33. The maximum Gasteiger partial charge on any atom is 0.231 e. The fourth-order valence-corrected chi connectivity index (χ4v) is 4.47. The Morgan fingerprint density at radius 3 is 2.55 bits per heavy atom. The molecule has 0 radical (unpaired) electrons. The fourth-order valence-electron chi connectivity index (χ4n) is 4.47. The van der Waals surface area contributed by atoms with E-state index in [9.17, 15) is 5.11 Å². The molecule has 0 aromatic heterocycles. The van der Waals surface area contributed by atoms with Crippen molar-refractivity contribution in [1.29, 1.82) is 0 Å². The Hall–Kier alpha value is -3.08. The van der Waals surface area contributed by atoms with Gasteiger partial charge >= 0.3 is 0 Å². The van der Waals surface area contributed by atoms with Crippen LogP contribution in [0.5, 0.6) is 28.7 Å². The molecule has 3 aliphatic heterocycles. The van der Waals surface area contributed by atoms with Crippen molar-refractivity contribution >= 4 is 0 Å². The van der Waals surface area contributed by atoms with E-state index in [4.69, 9.17) is 18.9 Å². The molecule has 0 fully saturated rings. The third-order valence-electron chi connectivity index (χ3n) is 6.22. The molecule has 2 aromatic carbocycles. The summed E-state index contributed by atoms with van der Waals surface area (Å²) in [5, 5.41) is 10.6. The largest absolute Gasteiger partial charge is 0.508 e. The topological polar surface area (TPSA) is 57.2 Å². The van der Waals surface area contributed by atoms with E-state index in [2.05, 4.69) is 32.9 Å². The quantitative estimate of drug-likeness (QED) is 0.604. The van der Waals surface area contributed by atoms with Gasteiger partial charge in [0.2, 0.25) is 6.79 Å². The number of hydrogen-bond acceptors (Lipinski definition) is 5. The minimum atomic E-state index is -0.136. The molecular formula is C26H28O5. The highest BCUT2D eigenvalue weighted by atomic mass is 16.7. The van der Waals surface area contributed by atoms with Crippen LogP contribution < -0.4 is 18.9 Å². The van der Waals surface area contributed by atoms with Crippen molar-refractivity contribution in [3.8, 4) is 28.7 Å². The molecule has 0 spiro atoms. The third-order valence-corrected chi connectivity index (χ3v) is 6.22. The Balaban J connectivity index is 1.38. The van der Waals surface area contributed by atoms with Crippen LogP contribution in [-0.4, -0.2) is 18.5 Å². The molecule has 5 rings (SSSR count). The van der Waals surface area contributed by atoms with Gasteiger partial charge < -0.3 is 24.1 Å². The molecular weight excluding hydrogens is 392 g/mol. The molecule has 31 heavy (non-hydrogen) atoms. The first-order valence-electron chi connectivity index (χ1n) is 10.9. The summed E-state index contributed by atoms with van der Waals surface area (Å²) >= 11 is 0. The molecule has 0 saturated heterocycles. The van der Waals surface area contributed by atoms with E-state index in [1.54, 1.807) is 6.07 Å². The monoisotopic (exact) mass is 420 g/mol. The lowest BCUT2D eigenvalue weighted by atomic mass is 9.88. The van der Waals surface area contributed by atoms with E-state index in [0.29, 0.717) is 18.8 Å². The molecule has 2 aromatic rings. The van der Waals surface area contributed by atoms with E-state index in [1.165, 1.54) is 11.1 Å². The first-order chi connectivity index (χ1) is 15.0. The molecule has 0 bridgehead atoms. The van der Waals surface area contributed by atoms with Gasteiger partial charge in [0.15, 0.2) is 11.5 Å². The van der Waals surface area contributed by atoms with Crippen molar-refractivity contribution in [3.63, 3.8) is 0 Å². The molecule has 0 amide bonds. The van der Waals surface area contributed by atoms with Crippen molar-refractivity contribution in [2.75, 3.05) is 13.4 Å². The van der Waals surface area contributed by atoms with Crippen LogP contribution in [0.3, 0.4) is 0 Å². The predicted octanol–water partition coefficient (Wildman–Crippen LogP) is 5.97. The van der Waals surface area contributed by atoms with Gasteiger partial charge in [-0.3, -0.25) is 0 Å². The van der Waals surface area contributed by atoms with Gasteiger partial charge in [-0.05, 0) is 57.7 Å². The Kier molecular flexibility index (Phi) is 5.05. The second kappa shape index (κ2) is 7.88. The highest BCUT2D eigenvalue weighted by Gasteiger charge is 2.42. The van der Waals surface area contributed by atoms with E-state index >= 15 is 0 Å². The predicted molar refractivity (Wildman–Crippen MR) is 118 cm³/mol. The molecule has 3 heterocycles. The van der Waals surface area contributed by atoms with Crippen LogP contribution in [0.15, 0.2) is 47.6 Å². The summed E-state index contributed by atoms with van der Waals surface area (Å²) in [6.07, 6.45) is 7.07. The Morgan fingerprint density at radius 2 is 1.74 bits per heavy atom. The second-order valence-corrected chi connectivity index (χ2v) is 8.79. The zero-order chi connectivity index (χ0) is 21.5. The van der Waals surface area contributed by atoms with Gasteiger partial charge in [-0.15, -0.1) is 0 Å². The molecule has 3 aliphatic rings. The maximum absolute atomic E-state index is 10.6. The first-order valence-corrected chi connectivity index (χ1v) is 10.9. The third kappa shape index (κ3) is 3.73. The van der Waals surface area contributed by atoms with Crippen LogP contribution in [0.1, 0.15) is 62.3 Å². The van der Waals surface area contributed by atoms with Gasteiger partial charge in [0, 0.05) is 23.3 Å². The summed E-state index contributed by atoms with van der Waals surface area (Å²) in [6, 6.07) is 7.69. The smallest absolute Gasteiger partial charge is 0.231 e. The molecule has 0 unspecified atom stereocenters. The lowest BCUT2D eigenvalue weighted by Gasteiger charge is -2.28. The molecule has 1 N–H and O–H groups in total. The zero-order valence-corrected chi connectivity index (χ0v) is 18.2. The Bertz CT molecular complexity index is 1080. The number of rotatable bonds is 5. The summed E-state index contributed by atoms with van der Waals surface area (Å²) in [4.78, 5) is 0. The number of hydrogen-bond donors (Lipinski definition) is 1. The number of phenolic OH excluding ortho intramolecular Hbond substituents is 1. The number of fused-ring (bicyclic) bond motifs is 6. The van der Waals surface area contributed by atoms with E-state index in [0.717, 1.165) is 46.8 Å². The SMILES string of the molecule is CC(C)=CCC/C(C)=C/Cc1cc2c(cc1O)OC[C@H]1c3cc4c(cc3O[C@@H]21)OCO4. The summed E-state index contributed by atoms with van der Waals surface area (Å²) in [5.41, 5.74) is 5.62. The van der Waals surface area contributed by atoms with E-state index < -0.39 is 0 Å². The second-order valence-electron chi connectivity index (χ2n) is 8.79. The summed E-state index contributed by atoms with van der Waals surface area (Å²) in [5.74, 6) is 3.35. The standard InChI is InChI=1S/C26H28O5/c1-15(2)5-4-6-16(3)7-8-17-9-19-22(11-21(17)27)28-13-20-18-10-24-25(30-14-29-24)12-23(18)31-26(19)20/h5,7,9-12,20,26-27H,4,6,8,13-14H2,1-3H3/b16-7+/t20-,26-/m0/s1. The van der Waals surface area contributed by atoms with Crippen LogP contribution in [0.2, 0.25) is 0 Å². The Morgan fingerprint density at radius 1 is 0.935 bits per heavy atom. The van der Waals surface area contributed by atoms with Crippen LogP contribution >= 0.6 is 0 Å². The number of benzene rings is 2. The summed E-state index contributed by atoms with van der Waals surface area (Å²) in [7, 11) is 0. The highest BCUT2D eigenvalue weighted by Crippen LogP contribution is 2.54. The first kappa shape index (κ1) is 19.9. The zero-order valence-electron chi connectivity index (χ0n) is 18.2. The number of allylic oxidation sites excluding steroid dienone is 4. The number of phenols is 1. The van der Waals surface area contributed by atoms with Gasteiger partial charge in [0.25, 0.3) is 0 Å². The summed E-state index contributed by atoms with van der Waals surface area (Å²) in [6.45, 7) is 7.14. The van der Waals surface area contributed by atoms with Crippen molar-refractivity contribution in [1.82, 2.24) is 0 Å². The number of ether oxygens (including phenoxy) is 4. The molecule has 5 nitrogen and oxygen atoms in total. The molecule has 0 aliphatic carbocycles. The normalized spacial score (nSPS) is 20.3. The fraction of sp³-hybridized carbons (Fsp3) is 0.385. The van der Waals surface area contributed by atoms with Crippen molar-refractivity contribution in [2.45, 2.75) is 52.1 Å². The molecule has 5 heteroatoms. The molecule has 0 saturated carbocycles. The Labute approximate surface area is 182 Å². The van der Waals surface area contributed by atoms with Crippen LogP contribution in [0.25, 0.3) is 0 Å². The minimum Gasteiger partial charge on any atom is -0.508 e. The van der Waals surface area contributed by atoms with Gasteiger partial charge in [0.05, 0.1) is 12.5 Å². The van der Waals surface area contributed by atoms with Crippen LogP contribution in [0, 0.1) is 0 Å². The lowest BCUT2D eigenvalue weighted by molar-refractivity contribution is 0.138. The van der Waals surface area contributed by atoms with Gasteiger partial charge in [0.1, 0.15) is 23.4 Å². The maximum atomic E-state index is 10.6.